The number of anilines is 1. The highest BCUT2D eigenvalue weighted by atomic mass is 19.4. The Bertz CT molecular complexity index is 435. The van der Waals surface area contributed by atoms with Gasteiger partial charge in [-0.25, -0.2) is 4.79 Å². The zero-order valence-electron chi connectivity index (χ0n) is 10.3. The largest absolute Gasteiger partial charge is 0.418 e. The summed E-state index contributed by atoms with van der Waals surface area (Å²) in [5.74, 6) is 0. The average Bonchev–Trinajstić information content (AvgIpc) is 2.35. The first-order valence-corrected chi connectivity index (χ1v) is 5.73. The lowest BCUT2D eigenvalue weighted by Gasteiger charge is -2.15. The first-order valence-electron chi connectivity index (χ1n) is 5.73. The zero-order valence-corrected chi connectivity index (χ0v) is 10.3. The van der Waals surface area contributed by atoms with E-state index >= 15 is 0 Å². The van der Waals surface area contributed by atoms with E-state index in [-0.39, 0.29) is 12.2 Å². The molecule has 1 aromatic carbocycles. The monoisotopic (exact) mass is 276 g/mol. The fourth-order valence-electron chi connectivity index (χ4n) is 1.36. The van der Waals surface area contributed by atoms with E-state index in [1.54, 1.807) is 6.92 Å². The summed E-state index contributed by atoms with van der Waals surface area (Å²) >= 11 is 0. The number of aliphatic hydroxyl groups is 1. The molecule has 2 amide bonds. The smallest absolute Gasteiger partial charge is 0.391 e. The molecule has 1 unspecified atom stereocenters. The third-order valence-corrected chi connectivity index (χ3v) is 2.45. The number of amides is 2. The van der Waals surface area contributed by atoms with Crippen LogP contribution >= 0.6 is 0 Å². The summed E-state index contributed by atoms with van der Waals surface area (Å²) in [6, 6.07) is 3.90. The molecule has 0 spiro atoms. The lowest BCUT2D eigenvalue weighted by molar-refractivity contribution is -0.136. The normalized spacial score (nSPS) is 12.9. The Kier molecular flexibility index (Phi) is 5.17. The summed E-state index contributed by atoms with van der Waals surface area (Å²) in [6.07, 6.45) is -4.81. The minimum Gasteiger partial charge on any atom is -0.391 e. The second-order valence-corrected chi connectivity index (χ2v) is 3.94. The van der Waals surface area contributed by atoms with Gasteiger partial charge in [0.1, 0.15) is 0 Å². The van der Waals surface area contributed by atoms with Crippen LogP contribution < -0.4 is 10.6 Å². The van der Waals surface area contributed by atoms with Crippen molar-refractivity contribution in [2.24, 2.45) is 0 Å². The van der Waals surface area contributed by atoms with Crippen LogP contribution in [0.3, 0.4) is 0 Å². The molecule has 0 radical (unpaired) electrons. The van der Waals surface area contributed by atoms with Crippen LogP contribution in [0.15, 0.2) is 24.3 Å². The van der Waals surface area contributed by atoms with Gasteiger partial charge in [-0.2, -0.15) is 13.2 Å². The van der Waals surface area contributed by atoms with Gasteiger partial charge in [-0.1, -0.05) is 19.1 Å². The minimum atomic E-state index is -4.53. The van der Waals surface area contributed by atoms with Gasteiger partial charge in [0.2, 0.25) is 0 Å². The van der Waals surface area contributed by atoms with E-state index in [2.05, 4.69) is 10.6 Å². The molecule has 1 aromatic rings. The van der Waals surface area contributed by atoms with Crippen LogP contribution in [0.5, 0.6) is 0 Å². The Labute approximate surface area is 108 Å². The van der Waals surface area contributed by atoms with Crippen molar-refractivity contribution in [3.05, 3.63) is 29.8 Å². The molecule has 4 nitrogen and oxygen atoms in total. The number of para-hydroxylation sites is 1. The molecule has 0 saturated heterocycles. The molecule has 1 atom stereocenters. The van der Waals surface area contributed by atoms with E-state index in [4.69, 9.17) is 0 Å². The van der Waals surface area contributed by atoms with Crippen molar-refractivity contribution >= 4 is 11.7 Å². The number of alkyl halides is 3. The van der Waals surface area contributed by atoms with Gasteiger partial charge < -0.3 is 15.7 Å². The zero-order chi connectivity index (χ0) is 14.5. The number of hydrogen-bond acceptors (Lipinski definition) is 2. The van der Waals surface area contributed by atoms with E-state index in [1.165, 1.54) is 18.2 Å². The van der Waals surface area contributed by atoms with Crippen molar-refractivity contribution in [2.75, 3.05) is 11.9 Å². The Hall–Kier alpha value is -1.76. The number of aliphatic hydroxyl groups excluding tert-OH is 1. The first kappa shape index (κ1) is 15.3. The van der Waals surface area contributed by atoms with Crippen LogP contribution in [0, 0.1) is 0 Å². The molecule has 0 heterocycles. The molecule has 0 aromatic heterocycles. The van der Waals surface area contributed by atoms with Crippen molar-refractivity contribution in [3.8, 4) is 0 Å². The second kappa shape index (κ2) is 6.42. The number of halogens is 3. The topological polar surface area (TPSA) is 61.4 Å². The fraction of sp³-hybridized carbons (Fsp3) is 0.417. The highest BCUT2D eigenvalue weighted by Crippen LogP contribution is 2.34. The van der Waals surface area contributed by atoms with Crippen molar-refractivity contribution in [1.29, 1.82) is 0 Å². The Balaban J connectivity index is 2.70. The maximum atomic E-state index is 12.7. The van der Waals surface area contributed by atoms with Crippen LogP contribution in [0.25, 0.3) is 0 Å². The predicted molar refractivity (Wildman–Crippen MR) is 64.8 cm³/mol. The lowest BCUT2D eigenvalue weighted by atomic mass is 10.1. The average molecular weight is 276 g/mol. The standard InChI is InChI=1S/C12H15F3N2O2/c1-2-8(18)7-16-11(19)17-10-6-4-3-5-9(10)12(13,14)15/h3-6,8,18H,2,7H2,1H3,(H2,16,17,19). The van der Waals surface area contributed by atoms with Gasteiger partial charge in [0.25, 0.3) is 0 Å². The van der Waals surface area contributed by atoms with E-state index < -0.39 is 23.9 Å². The molecule has 3 N–H and O–H groups in total. The maximum absolute atomic E-state index is 12.7. The van der Waals surface area contributed by atoms with Crippen LogP contribution in [0.2, 0.25) is 0 Å². The molecule has 0 fully saturated rings. The maximum Gasteiger partial charge on any atom is 0.418 e. The Morgan fingerprint density at radius 2 is 2.00 bits per heavy atom. The molecule has 1 rings (SSSR count). The van der Waals surface area contributed by atoms with Gasteiger partial charge in [-0.3, -0.25) is 0 Å². The number of rotatable bonds is 4. The molecule has 0 aliphatic heterocycles. The third kappa shape index (κ3) is 4.78. The van der Waals surface area contributed by atoms with Gasteiger partial charge in [0.05, 0.1) is 17.4 Å². The minimum absolute atomic E-state index is 0.0173. The second-order valence-electron chi connectivity index (χ2n) is 3.94. The van der Waals surface area contributed by atoms with Crippen molar-refractivity contribution < 1.29 is 23.1 Å². The highest BCUT2D eigenvalue weighted by Gasteiger charge is 2.33. The molecule has 7 heteroatoms. The van der Waals surface area contributed by atoms with E-state index in [0.29, 0.717) is 6.42 Å². The molecular formula is C12H15F3N2O2. The molecule has 0 bridgehead atoms. The van der Waals surface area contributed by atoms with Crippen LogP contribution in [0.1, 0.15) is 18.9 Å². The molecule has 19 heavy (non-hydrogen) atoms. The summed E-state index contributed by atoms with van der Waals surface area (Å²) in [6.45, 7) is 1.71. The number of hydrogen-bond donors (Lipinski definition) is 3. The lowest BCUT2D eigenvalue weighted by Crippen LogP contribution is -2.35. The summed E-state index contributed by atoms with van der Waals surface area (Å²) in [5, 5.41) is 13.6. The quantitative estimate of drug-likeness (QED) is 0.791. The van der Waals surface area contributed by atoms with Crippen LogP contribution in [-0.2, 0) is 6.18 Å². The highest BCUT2D eigenvalue weighted by molar-refractivity contribution is 5.90. The van der Waals surface area contributed by atoms with Crippen LogP contribution in [0.4, 0.5) is 23.7 Å². The number of nitrogens with one attached hydrogen (secondary N) is 2. The van der Waals surface area contributed by atoms with Crippen molar-refractivity contribution in [2.45, 2.75) is 25.6 Å². The Morgan fingerprint density at radius 3 is 2.58 bits per heavy atom. The fourth-order valence-corrected chi connectivity index (χ4v) is 1.36. The number of benzene rings is 1. The summed E-state index contributed by atoms with van der Waals surface area (Å²) < 4.78 is 38.0. The number of carbonyl (C=O) groups is 1. The molecule has 0 aliphatic rings. The molecule has 0 saturated carbocycles. The van der Waals surface area contributed by atoms with Gasteiger partial charge >= 0.3 is 12.2 Å². The summed E-state index contributed by atoms with van der Waals surface area (Å²) in [7, 11) is 0. The van der Waals surface area contributed by atoms with E-state index in [9.17, 15) is 23.1 Å². The molecule has 0 aliphatic carbocycles. The first-order chi connectivity index (χ1) is 8.84. The van der Waals surface area contributed by atoms with E-state index in [0.717, 1.165) is 6.07 Å². The van der Waals surface area contributed by atoms with Gasteiger partial charge in [0, 0.05) is 6.54 Å². The summed E-state index contributed by atoms with van der Waals surface area (Å²) in [4.78, 5) is 11.4. The van der Waals surface area contributed by atoms with Crippen LogP contribution in [-0.4, -0.2) is 23.8 Å². The molecule has 106 valence electrons. The van der Waals surface area contributed by atoms with Gasteiger partial charge in [-0.15, -0.1) is 0 Å². The predicted octanol–water partition coefficient (Wildman–Crippen LogP) is 2.60. The number of carbonyl (C=O) groups excluding carboxylic acids is 1. The van der Waals surface area contributed by atoms with Crippen molar-refractivity contribution in [1.82, 2.24) is 5.32 Å². The SMILES string of the molecule is CCC(O)CNC(=O)Nc1ccccc1C(F)(F)F. The Morgan fingerprint density at radius 1 is 1.37 bits per heavy atom. The summed E-state index contributed by atoms with van der Waals surface area (Å²) in [5.41, 5.74) is -1.24. The van der Waals surface area contributed by atoms with Gasteiger partial charge in [-0.05, 0) is 18.6 Å². The van der Waals surface area contributed by atoms with Gasteiger partial charge in [0.15, 0.2) is 0 Å². The van der Waals surface area contributed by atoms with Crippen molar-refractivity contribution in [3.63, 3.8) is 0 Å². The molecular weight excluding hydrogens is 261 g/mol. The number of urea groups is 1. The third-order valence-electron chi connectivity index (χ3n) is 2.45. The van der Waals surface area contributed by atoms with E-state index in [1.807, 2.05) is 0 Å².